The first-order valence-electron chi connectivity index (χ1n) is 7.49. The molecule has 1 heterocycles. The third-order valence-electron chi connectivity index (χ3n) is 4.17. The van der Waals surface area contributed by atoms with E-state index in [0.29, 0.717) is 31.6 Å². The Morgan fingerprint density at radius 2 is 2.10 bits per heavy atom. The number of benzene rings is 1. The second-order valence-corrected chi connectivity index (χ2v) is 8.08. The van der Waals surface area contributed by atoms with Crippen LogP contribution in [0.4, 0.5) is 4.39 Å². The quantitative estimate of drug-likeness (QED) is 0.906. The zero-order chi connectivity index (χ0) is 15.0. The number of hydrogen-bond donors (Lipinski definition) is 1. The van der Waals surface area contributed by atoms with Crippen molar-refractivity contribution >= 4 is 10.0 Å². The molecule has 1 saturated heterocycles. The SMILES string of the molecule is CC1CCN(S(=O)(=O)c2cc(CNC3CC3)ccc2F)C1. The number of rotatable bonds is 5. The summed E-state index contributed by atoms with van der Waals surface area (Å²) in [5.41, 5.74) is 0.814. The fourth-order valence-electron chi connectivity index (χ4n) is 2.66. The summed E-state index contributed by atoms with van der Waals surface area (Å²) in [5.74, 6) is -0.327. The molecule has 21 heavy (non-hydrogen) atoms. The Labute approximate surface area is 125 Å². The third kappa shape index (κ3) is 3.27. The molecule has 1 saturated carbocycles. The molecule has 1 N–H and O–H groups in total. The Balaban J connectivity index is 1.83. The molecule has 1 aromatic carbocycles. The van der Waals surface area contributed by atoms with E-state index < -0.39 is 15.8 Å². The van der Waals surface area contributed by atoms with E-state index in [2.05, 4.69) is 5.32 Å². The first-order chi connectivity index (χ1) is 9.96. The van der Waals surface area contributed by atoms with Crippen LogP contribution in [0, 0.1) is 11.7 Å². The van der Waals surface area contributed by atoms with Gasteiger partial charge in [-0.05, 0) is 42.9 Å². The highest BCUT2D eigenvalue weighted by molar-refractivity contribution is 7.89. The van der Waals surface area contributed by atoms with Crippen molar-refractivity contribution in [3.05, 3.63) is 29.6 Å². The minimum absolute atomic E-state index is 0.188. The summed E-state index contributed by atoms with van der Waals surface area (Å²) >= 11 is 0. The summed E-state index contributed by atoms with van der Waals surface area (Å²) in [6, 6.07) is 4.92. The van der Waals surface area contributed by atoms with E-state index in [1.54, 1.807) is 6.07 Å². The molecule has 2 fully saturated rings. The lowest BCUT2D eigenvalue weighted by Gasteiger charge is -2.17. The molecule has 0 amide bonds. The molecule has 0 bridgehead atoms. The predicted molar refractivity (Wildman–Crippen MR) is 78.8 cm³/mol. The second-order valence-electron chi connectivity index (χ2n) is 6.18. The van der Waals surface area contributed by atoms with Crippen LogP contribution in [0.25, 0.3) is 0 Å². The van der Waals surface area contributed by atoms with Gasteiger partial charge in [0.1, 0.15) is 10.7 Å². The van der Waals surface area contributed by atoms with Crippen LogP contribution in [-0.4, -0.2) is 31.9 Å². The molecule has 0 spiro atoms. The van der Waals surface area contributed by atoms with Crippen molar-refractivity contribution in [2.75, 3.05) is 13.1 Å². The molecular weight excluding hydrogens is 291 g/mol. The molecule has 1 aliphatic heterocycles. The van der Waals surface area contributed by atoms with E-state index in [0.717, 1.165) is 24.8 Å². The van der Waals surface area contributed by atoms with Crippen LogP contribution in [0.5, 0.6) is 0 Å². The standard InChI is InChI=1S/C15H21FN2O2S/c1-11-6-7-18(10-11)21(19,20)15-8-12(2-5-14(15)16)9-17-13-3-4-13/h2,5,8,11,13,17H,3-4,6-7,9-10H2,1H3. The van der Waals surface area contributed by atoms with Gasteiger partial charge < -0.3 is 5.32 Å². The van der Waals surface area contributed by atoms with Gasteiger partial charge in [-0.2, -0.15) is 4.31 Å². The van der Waals surface area contributed by atoms with E-state index >= 15 is 0 Å². The summed E-state index contributed by atoms with van der Waals surface area (Å²) < 4.78 is 40.5. The average molecular weight is 312 g/mol. The van der Waals surface area contributed by atoms with Gasteiger partial charge >= 0.3 is 0 Å². The fraction of sp³-hybridized carbons (Fsp3) is 0.600. The van der Waals surface area contributed by atoms with Crippen LogP contribution >= 0.6 is 0 Å². The number of hydrogen-bond acceptors (Lipinski definition) is 3. The molecule has 4 nitrogen and oxygen atoms in total. The van der Waals surface area contributed by atoms with Crippen LogP contribution in [-0.2, 0) is 16.6 Å². The van der Waals surface area contributed by atoms with Crippen molar-refractivity contribution in [2.45, 2.75) is 43.7 Å². The number of sulfonamides is 1. The Morgan fingerprint density at radius 1 is 1.33 bits per heavy atom. The molecule has 0 aromatic heterocycles. The maximum Gasteiger partial charge on any atom is 0.246 e. The smallest absolute Gasteiger partial charge is 0.246 e. The molecule has 3 rings (SSSR count). The Kier molecular flexibility index (Phi) is 4.03. The van der Waals surface area contributed by atoms with Crippen molar-refractivity contribution in [3.8, 4) is 0 Å². The highest BCUT2D eigenvalue weighted by Gasteiger charge is 2.32. The van der Waals surface area contributed by atoms with Crippen LogP contribution in [0.15, 0.2) is 23.1 Å². The minimum Gasteiger partial charge on any atom is -0.310 e. The van der Waals surface area contributed by atoms with Gasteiger partial charge in [-0.25, -0.2) is 12.8 Å². The van der Waals surface area contributed by atoms with Crippen LogP contribution < -0.4 is 5.32 Å². The molecule has 6 heteroatoms. The first-order valence-corrected chi connectivity index (χ1v) is 8.93. The van der Waals surface area contributed by atoms with Gasteiger partial charge in [0.25, 0.3) is 0 Å². The molecule has 1 unspecified atom stereocenters. The maximum atomic E-state index is 14.0. The van der Waals surface area contributed by atoms with Crippen molar-refractivity contribution in [1.82, 2.24) is 9.62 Å². The monoisotopic (exact) mass is 312 g/mol. The summed E-state index contributed by atoms with van der Waals surface area (Å²) in [6.07, 6.45) is 3.17. The highest BCUT2D eigenvalue weighted by atomic mass is 32.2. The Morgan fingerprint density at radius 3 is 2.71 bits per heavy atom. The number of nitrogens with one attached hydrogen (secondary N) is 1. The summed E-state index contributed by atoms with van der Waals surface area (Å²) in [5, 5.41) is 3.32. The van der Waals surface area contributed by atoms with E-state index in [1.807, 2.05) is 6.92 Å². The largest absolute Gasteiger partial charge is 0.310 e. The third-order valence-corrected chi connectivity index (χ3v) is 6.05. The van der Waals surface area contributed by atoms with Gasteiger partial charge in [0.15, 0.2) is 0 Å². The maximum absolute atomic E-state index is 14.0. The average Bonchev–Trinajstić information content (AvgIpc) is 3.17. The molecule has 1 atom stereocenters. The van der Waals surface area contributed by atoms with Crippen LogP contribution in [0.1, 0.15) is 31.7 Å². The Hall–Kier alpha value is -0.980. The minimum atomic E-state index is -3.72. The molecule has 2 aliphatic rings. The van der Waals surface area contributed by atoms with Crippen molar-refractivity contribution in [2.24, 2.45) is 5.92 Å². The topological polar surface area (TPSA) is 49.4 Å². The summed E-state index contributed by atoms with van der Waals surface area (Å²) in [6.45, 7) is 3.56. The lowest BCUT2D eigenvalue weighted by atomic mass is 10.2. The van der Waals surface area contributed by atoms with Crippen molar-refractivity contribution < 1.29 is 12.8 Å². The van der Waals surface area contributed by atoms with Gasteiger partial charge in [-0.15, -0.1) is 0 Å². The van der Waals surface area contributed by atoms with E-state index in [4.69, 9.17) is 0 Å². The lowest BCUT2D eigenvalue weighted by molar-refractivity contribution is 0.457. The van der Waals surface area contributed by atoms with Crippen LogP contribution in [0.2, 0.25) is 0 Å². The summed E-state index contributed by atoms with van der Waals surface area (Å²) in [4.78, 5) is -0.188. The zero-order valence-corrected chi connectivity index (χ0v) is 13.0. The molecule has 1 aliphatic carbocycles. The molecular formula is C15H21FN2O2S. The zero-order valence-electron chi connectivity index (χ0n) is 12.2. The summed E-state index contributed by atoms with van der Waals surface area (Å²) in [7, 11) is -3.72. The predicted octanol–water partition coefficient (Wildman–Crippen LogP) is 2.11. The van der Waals surface area contributed by atoms with Gasteiger partial charge in [0.05, 0.1) is 0 Å². The number of halogens is 1. The van der Waals surface area contributed by atoms with Gasteiger partial charge in [0, 0.05) is 25.7 Å². The molecule has 1 aromatic rings. The lowest BCUT2D eigenvalue weighted by Crippen LogP contribution is -2.29. The van der Waals surface area contributed by atoms with E-state index in [1.165, 1.54) is 16.4 Å². The Bertz CT molecular complexity index is 629. The number of nitrogens with zero attached hydrogens (tertiary/aromatic N) is 1. The van der Waals surface area contributed by atoms with Crippen molar-refractivity contribution in [3.63, 3.8) is 0 Å². The fourth-order valence-corrected chi connectivity index (χ4v) is 4.35. The van der Waals surface area contributed by atoms with Gasteiger partial charge in [-0.1, -0.05) is 13.0 Å². The second kappa shape index (κ2) is 5.66. The molecule has 0 radical (unpaired) electrons. The van der Waals surface area contributed by atoms with Gasteiger partial charge in [0.2, 0.25) is 10.0 Å². The first kappa shape index (κ1) is 14.9. The van der Waals surface area contributed by atoms with Crippen LogP contribution in [0.3, 0.4) is 0 Å². The van der Waals surface area contributed by atoms with E-state index in [9.17, 15) is 12.8 Å². The highest BCUT2D eigenvalue weighted by Crippen LogP contribution is 2.27. The normalized spacial score (nSPS) is 23.6. The van der Waals surface area contributed by atoms with Gasteiger partial charge in [-0.3, -0.25) is 0 Å². The van der Waals surface area contributed by atoms with E-state index in [-0.39, 0.29) is 4.90 Å². The van der Waals surface area contributed by atoms with Crippen molar-refractivity contribution in [1.29, 1.82) is 0 Å². The molecule has 116 valence electrons.